The number of rotatable bonds is 7. The molecule has 2 aliphatic carbocycles. The number of nitrogens with zero attached hydrogens (tertiary/aromatic N) is 1. The molecule has 0 bridgehead atoms. The van der Waals surface area contributed by atoms with Crippen molar-refractivity contribution >= 4 is 65.1 Å². The SMILES string of the molecule is CC1(C)CC(=O)C2=C(C1)N(CCc1ccccc1)C1=C(C(=O)CC(C)(C)C1)C2c1cc(Br)c(OS(=O)(=O)c2ccc(Cl)cc2)c(Br)c1. The standard InChI is InChI=1S/C37H36Br2ClNO5S/c1-36(2)18-28-33(30(42)20-36)32(23-16-26(38)35(27(39)17-23)46-47(44,45)25-12-10-24(40)11-13-25)34-29(19-37(3,4)21-31(34)43)41(28)15-14-22-8-6-5-7-9-22/h5-13,16-17,32H,14-15,18-21H2,1-4H3. The molecule has 0 fully saturated rings. The number of hydrogen-bond acceptors (Lipinski definition) is 6. The summed E-state index contributed by atoms with van der Waals surface area (Å²) >= 11 is 13.1. The van der Waals surface area contributed by atoms with Gasteiger partial charge < -0.3 is 9.08 Å². The van der Waals surface area contributed by atoms with Crippen LogP contribution in [0.2, 0.25) is 5.02 Å². The highest BCUT2D eigenvalue weighted by molar-refractivity contribution is 9.11. The predicted octanol–water partition coefficient (Wildman–Crippen LogP) is 9.56. The van der Waals surface area contributed by atoms with E-state index in [4.69, 9.17) is 15.8 Å². The molecular weight excluding hydrogens is 766 g/mol. The van der Waals surface area contributed by atoms with E-state index in [1.54, 1.807) is 12.1 Å². The lowest BCUT2D eigenvalue weighted by atomic mass is 9.63. The highest BCUT2D eigenvalue weighted by Gasteiger charge is 2.49. The van der Waals surface area contributed by atoms with E-state index in [1.165, 1.54) is 29.8 Å². The molecule has 246 valence electrons. The summed E-state index contributed by atoms with van der Waals surface area (Å²) in [5.41, 5.74) is 4.70. The summed E-state index contributed by atoms with van der Waals surface area (Å²) in [7, 11) is -4.18. The normalized spacial score (nSPS) is 19.5. The Balaban J connectivity index is 1.48. The van der Waals surface area contributed by atoms with Gasteiger partial charge >= 0.3 is 10.1 Å². The van der Waals surface area contributed by atoms with E-state index >= 15 is 0 Å². The molecule has 0 N–H and O–H groups in total. The topological polar surface area (TPSA) is 80.8 Å². The molecule has 47 heavy (non-hydrogen) atoms. The minimum absolute atomic E-state index is 0.0352. The van der Waals surface area contributed by atoms with Gasteiger partial charge in [0.15, 0.2) is 17.3 Å². The van der Waals surface area contributed by atoms with E-state index in [1.807, 2.05) is 18.2 Å². The predicted molar refractivity (Wildman–Crippen MR) is 191 cm³/mol. The maximum atomic E-state index is 14.2. The first-order valence-corrected chi connectivity index (χ1v) is 19.0. The first kappa shape index (κ1) is 34.2. The number of ketones is 2. The van der Waals surface area contributed by atoms with Crippen molar-refractivity contribution in [2.24, 2.45) is 10.8 Å². The van der Waals surface area contributed by atoms with Crippen LogP contribution in [0.25, 0.3) is 0 Å². The summed E-state index contributed by atoms with van der Waals surface area (Å²) < 4.78 is 32.7. The first-order valence-electron chi connectivity index (χ1n) is 15.6. The number of carbonyl (C=O) groups is 2. The zero-order chi connectivity index (χ0) is 33.9. The van der Waals surface area contributed by atoms with Crippen LogP contribution < -0.4 is 4.18 Å². The first-order chi connectivity index (χ1) is 22.1. The molecule has 0 atom stereocenters. The molecule has 1 aliphatic heterocycles. The third-order valence-corrected chi connectivity index (χ3v) is 11.8. The van der Waals surface area contributed by atoms with E-state index in [-0.39, 0.29) is 33.0 Å². The van der Waals surface area contributed by atoms with Crippen LogP contribution in [-0.4, -0.2) is 31.4 Å². The van der Waals surface area contributed by atoms with Crippen molar-refractivity contribution in [3.05, 3.63) is 114 Å². The molecule has 0 radical (unpaired) electrons. The maximum Gasteiger partial charge on any atom is 0.339 e. The fourth-order valence-electron chi connectivity index (χ4n) is 7.12. The van der Waals surface area contributed by atoms with E-state index < -0.39 is 16.0 Å². The number of allylic oxidation sites excluding steroid dienone is 4. The van der Waals surface area contributed by atoms with Gasteiger partial charge in [-0.1, -0.05) is 69.6 Å². The molecule has 0 saturated heterocycles. The summed E-state index contributed by atoms with van der Waals surface area (Å²) in [5, 5.41) is 0.408. The van der Waals surface area contributed by atoms with Gasteiger partial charge in [0.2, 0.25) is 0 Å². The second-order valence-electron chi connectivity index (χ2n) is 14.2. The maximum absolute atomic E-state index is 14.2. The highest BCUT2D eigenvalue weighted by atomic mass is 79.9. The van der Waals surface area contributed by atoms with Crippen LogP contribution in [0.1, 0.15) is 70.4 Å². The van der Waals surface area contributed by atoms with Gasteiger partial charge in [-0.15, -0.1) is 0 Å². The summed E-state index contributed by atoms with van der Waals surface area (Å²) in [6, 6.07) is 19.6. The van der Waals surface area contributed by atoms with Crippen molar-refractivity contribution < 1.29 is 22.2 Å². The Kier molecular flexibility index (Phi) is 9.17. The minimum atomic E-state index is -4.18. The van der Waals surface area contributed by atoms with Crippen LogP contribution in [-0.2, 0) is 26.1 Å². The monoisotopic (exact) mass is 799 g/mol. The average Bonchev–Trinajstić information content (AvgIpc) is 2.97. The number of benzene rings is 3. The quantitative estimate of drug-likeness (QED) is 0.222. The Morgan fingerprint density at radius 2 is 1.32 bits per heavy atom. The fraction of sp³-hybridized carbons (Fsp3) is 0.351. The molecule has 6 rings (SSSR count). The number of carbonyl (C=O) groups excluding carboxylic acids is 2. The zero-order valence-corrected chi connectivity index (χ0v) is 31.4. The Hall–Kier alpha value is -2.72. The van der Waals surface area contributed by atoms with E-state index in [2.05, 4.69) is 76.6 Å². The van der Waals surface area contributed by atoms with E-state index in [9.17, 15) is 18.0 Å². The van der Waals surface area contributed by atoms with Crippen molar-refractivity contribution in [2.45, 2.75) is 70.6 Å². The summed E-state index contributed by atoms with van der Waals surface area (Å²) in [4.78, 5) is 30.7. The Labute approximate surface area is 298 Å². The third-order valence-electron chi connectivity index (χ3n) is 9.14. The molecule has 3 aromatic rings. The van der Waals surface area contributed by atoms with Crippen LogP contribution in [0.3, 0.4) is 0 Å². The molecule has 6 nitrogen and oxygen atoms in total. The minimum Gasteiger partial charge on any atom is -0.377 e. The summed E-state index contributed by atoms with van der Waals surface area (Å²) in [6.45, 7) is 9.15. The van der Waals surface area contributed by atoms with Gasteiger partial charge in [-0.2, -0.15) is 8.42 Å². The summed E-state index contributed by atoms with van der Waals surface area (Å²) in [6.07, 6.45) is 2.93. The van der Waals surface area contributed by atoms with Crippen molar-refractivity contribution in [1.82, 2.24) is 4.90 Å². The van der Waals surface area contributed by atoms with Crippen molar-refractivity contribution in [3.63, 3.8) is 0 Å². The lowest BCUT2D eigenvalue weighted by molar-refractivity contribution is -0.119. The average molecular weight is 802 g/mol. The molecular formula is C37H36Br2ClNO5S. The van der Waals surface area contributed by atoms with Crippen LogP contribution >= 0.6 is 43.5 Å². The third kappa shape index (κ3) is 6.91. The molecule has 0 spiro atoms. The number of hydrogen-bond donors (Lipinski definition) is 0. The van der Waals surface area contributed by atoms with E-state index in [0.29, 0.717) is 62.9 Å². The zero-order valence-electron chi connectivity index (χ0n) is 26.7. The number of Topliss-reactive ketones (excluding diaryl/α,β-unsaturated/α-hetero) is 2. The largest absolute Gasteiger partial charge is 0.377 e. The summed E-state index contributed by atoms with van der Waals surface area (Å²) in [5.74, 6) is -0.449. The highest BCUT2D eigenvalue weighted by Crippen LogP contribution is 2.55. The lowest BCUT2D eigenvalue weighted by Gasteiger charge is -2.49. The fourth-order valence-corrected chi connectivity index (χ4v) is 9.81. The second kappa shape index (κ2) is 12.6. The molecule has 1 heterocycles. The molecule has 3 aromatic carbocycles. The Morgan fingerprint density at radius 1 is 0.809 bits per heavy atom. The van der Waals surface area contributed by atoms with Gasteiger partial charge in [-0.25, -0.2) is 0 Å². The Bertz CT molecular complexity index is 1870. The number of halogens is 3. The van der Waals surface area contributed by atoms with Crippen LogP contribution in [0.4, 0.5) is 0 Å². The molecule has 10 heteroatoms. The van der Waals surface area contributed by atoms with Crippen molar-refractivity contribution in [2.75, 3.05) is 6.54 Å². The molecule has 0 unspecified atom stereocenters. The van der Waals surface area contributed by atoms with Crippen LogP contribution in [0, 0.1) is 10.8 Å². The molecule has 0 amide bonds. The molecule has 0 saturated carbocycles. The van der Waals surface area contributed by atoms with Gasteiger partial charge in [0.05, 0.1) is 8.95 Å². The van der Waals surface area contributed by atoms with E-state index in [0.717, 1.165) is 17.8 Å². The van der Waals surface area contributed by atoms with Crippen molar-refractivity contribution in [3.8, 4) is 5.75 Å². The lowest BCUT2D eigenvalue weighted by Crippen LogP contribution is -2.45. The molecule has 0 aromatic heterocycles. The smallest absolute Gasteiger partial charge is 0.339 e. The second-order valence-corrected chi connectivity index (χ2v) is 17.9. The molecule has 3 aliphatic rings. The van der Waals surface area contributed by atoms with Gasteiger partial charge in [0.25, 0.3) is 0 Å². The van der Waals surface area contributed by atoms with Gasteiger partial charge in [-0.3, -0.25) is 9.59 Å². The van der Waals surface area contributed by atoms with Gasteiger partial charge in [-0.05, 0) is 109 Å². The van der Waals surface area contributed by atoms with Crippen LogP contribution in [0.15, 0.2) is 103 Å². The van der Waals surface area contributed by atoms with Crippen molar-refractivity contribution in [1.29, 1.82) is 0 Å². The van der Waals surface area contributed by atoms with Gasteiger partial charge in [0, 0.05) is 52.9 Å². The van der Waals surface area contributed by atoms with Gasteiger partial charge in [0.1, 0.15) is 4.90 Å². The Morgan fingerprint density at radius 3 is 1.83 bits per heavy atom. The van der Waals surface area contributed by atoms with Crippen LogP contribution in [0.5, 0.6) is 5.75 Å².